The fourth-order valence-corrected chi connectivity index (χ4v) is 3.42. The van der Waals surface area contributed by atoms with E-state index >= 15 is 0 Å². The molecular formula is C19H15F5N2O2. The number of carbonyl (C=O) groups excluding carboxylic acids is 2. The molecule has 3 rings (SSSR count). The second-order valence-corrected chi connectivity index (χ2v) is 6.46. The van der Waals surface area contributed by atoms with Gasteiger partial charge in [-0.1, -0.05) is 18.2 Å². The average molecular weight is 398 g/mol. The topological polar surface area (TPSA) is 63.4 Å². The molecule has 28 heavy (non-hydrogen) atoms. The maximum Gasteiger partial charge on any atom is 0.416 e. The molecule has 2 amide bonds. The Balaban J connectivity index is 1.93. The van der Waals surface area contributed by atoms with E-state index in [0.717, 1.165) is 23.1 Å². The van der Waals surface area contributed by atoms with Crippen molar-refractivity contribution in [3.05, 3.63) is 65.2 Å². The third-order valence-electron chi connectivity index (χ3n) is 4.79. The first-order valence-corrected chi connectivity index (χ1v) is 8.33. The van der Waals surface area contributed by atoms with Crippen molar-refractivity contribution in [1.82, 2.24) is 0 Å². The Morgan fingerprint density at radius 1 is 1.07 bits per heavy atom. The Labute approximate surface area is 156 Å². The van der Waals surface area contributed by atoms with Gasteiger partial charge in [0.2, 0.25) is 11.8 Å². The summed E-state index contributed by atoms with van der Waals surface area (Å²) in [6.45, 7) is -0.0469. The average Bonchev–Trinajstić information content (AvgIpc) is 2.63. The maximum atomic E-state index is 14.1. The summed E-state index contributed by atoms with van der Waals surface area (Å²) in [5, 5.41) is 0. The molecule has 0 bridgehead atoms. The molecule has 2 N–H and O–H groups in total. The summed E-state index contributed by atoms with van der Waals surface area (Å²) in [5.41, 5.74) is 4.52. The molecule has 2 aromatic rings. The van der Waals surface area contributed by atoms with Gasteiger partial charge in [-0.2, -0.15) is 13.2 Å². The molecule has 1 aliphatic rings. The third kappa shape index (κ3) is 3.56. The van der Waals surface area contributed by atoms with Crippen molar-refractivity contribution in [3.8, 4) is 0 Å². The fraction of sp³-hybridized carbons (Fsp3) is 0.263. The smallest absolute Gasteiger partial charge is 0.369 e. The Morgan fingerprint density at radius 3 is 2.29 bits per heavy atom. The quantitative estimate of drug-likeness (QED) is 0.634. The molecule has 0 saturated carbocycles. The lowest BCUT2D eigenvalue weighted by Gasteiger charge is -2.36. The number of nitrogens with zero attached hydrogens (tertiary/aromatic N) is 1. The summed E-state index contributed by atoms with van der Waals surface area (Å²) < 4.78 is 65.8. The van der Waals surface area contributed by atoms with Crippen molar-refractivity contribution in [2.45, 2.75) is 18.5 Å². The van der Waals surface area contributed by atoms with Crippen LogP contribution in [0.3, 0.4) is 0 Å². The Hall–Kier alpha value is -2.97. The number of alkyl halides is 3. The van der Waals surface area contributed by atoms with Crippen LogP contribution in [0.25, 0.3) is 0 Å². The van der Waals surface area contributed by atoms with E-state index in [1.807, 2.05) is 0 Å². The lowest BCUT2D eigenvalue weighted by atomic mass is 9.79. The lowest BCUT2D eigenvalue weighted by Crippen LogP contribution is -2.50. The van der Waals surface area contributed by atoms with Gasteiger partial charge < -0.3 is 10.6 Å². The first kappa shape index (κ1) is 19.8. The number of amides is 2. The van der Waals surface area contributed by atoms with Gasteiger partial charge in [-0.3, -0.25) is 9.59 Å². The Kier molecular flexibility index (Phi) is 5.10. The number of carbonyl (C=O) groups is 2. The number of anilines is 1. The second-order valence-electron chi connectivity index (χ2n) is 6.46. The molecule has 1 fully saturated rings. The predicted molar refractivity (Wildman–Crippen MR) is 90.2 cm³/mol. The van der Waals surface area contributed by atoms with Crippen LogP contribution in [-0.4, -0.2) is 18.4 Å². The highest BCUT2D eigenvalue weighted by Gasteiger charge is 2.42. The molecule has 1 aliphatic heterocycles. The van der Waals surface area contributed by atoms with Crippen LogP contribution in [0.1, 0.15) is 23.5 Å². The van der Waals surface area contributed by atoms with Crippen LogP contribution in [0, 0.1) is 17.6 Å². The highest BCUT2D eigenvalue weighted by molar-refractivity contribution is 6.08. The van der Waals surface area contributed by atoms with Gasteiger partial charge in [0.1, 0.15) is 5.92 Å². The lowest BCUT2D eigenvalue weighted by molar-refractivity contribution is -0.138. The van der Waals surface area contributed by atoms with Gasteiger partial charge >= 0.3 is 6.18 Å². The molecule has 2 unspecified atom stereocenters. The van der Waals surface area contributed by atoms with Crippen molar-refractivity contribution >= 4 is 17.5 Å². The molecule has 0 aromatic heterocycles. The van der Waals surface area contributed by atoms with E-state index in [0.29, 0.717) is 5.56 Å². The normalized spacial score (nSPS) is 20.3. The van der Waals surface area contributed by atoms with Gasteiger partial charge in [-0.25, -0.2) is 8.78 Å². The minimum absolute atomic E-state index is 0.0469. The van der Waals surface area contributed by atoms with E-state index in [2.05, 4.69) is 0 Å². The first-order chi connectivity index (χ1) is 13.1. The summed E-state index contributed by atoms with van der Waals surface area (Å²) >= 11 is 0. The van der Waals surface area contributed by atoms with E-state index < -0.39 is 47.0 Å². The monoisotopic (exact) mass is 398 g/mol. The molecule has 2 aromatic carbocycles. The van der Waals surface area contributed by atoms with Crippen LogP contribution in [0.5, 0.6) is 0 Å². The minimum Gasteiger partial charge on any atom is -0.369 e. The van der Waals surface area contributed by atoms with Gasteiger partial charge in [0.15, 0.2) is 11.6 Å². The van der Waals surface area contributed by atoms with Crippen molar-refractivity contribution in [1.29, 1.82) is 0 Å². The molecule has 0 spiro atoms. The Morgan fingerprint density at radius 2 is 1.71 bits per heavy atom. The molecule has 1 heterocycles. The zero-order valence-corrected chi connectivity index (χ0v) is 14.3. The first-order valence-electron chi connectivity index (χ1n) is 8.33. The fourth-order valence-electron chi connectivity index (χ4n) is 3.42. The van der Waals surface area contributed by atoms with Crippen LogP contribution in [0.4, 0.5) is 27.6 Å². The van der Waals surface area contributed by atoms with Gasteiger partial charge in [-0.05, 0) is 36.2 Å². The number of hydrogen-bond donors (Lipinski definition) is 1. The molecule has 4 nitrogen and oxygen atoms in total. The second kappa shape index (κ2) is 7.21. The van der Waals surface area contributed by atoms with E-state index in [-0.39, 0.29) is 18.7 Å². The van der Waals surface area contributed by atoms with Gasteiger partial charge in [0, 0.05) is 12.5 Å². The molecular weight excluding hydrogens is 383 g/mol. The minimum atomic E-state index is -4.52. The number of benzene rings is 2. The van der Waals surface area contributed by atoms with Crippen LogP contribution >= 0.6 is 0 Å². The number of piperidine rings is 1. The number of primary amides is 1. The van der Waals surface area contributed by atoms with E-state index in [1.165, 1.54) is 24.3 Å². The van der Waals surface area contributed by atoms with Gasteiger partial charge in [-0.15, -0.1) is 0 Å². The van der Waals surface area contributed by atoms with Crippen LogP contribution in [0.15, 0.2) is 42.5 Å². The van der Waals surface area contributed by atoms with Crippen LogP contribution in [-0.2, 0) is 15.8 Å². The number of nitrogens with two attached hydrogens (primary N) is 1. The van der Waals surface area contributed by atoms with Crippen molar-refractivity contribution in [2.24, 2.45) is 11.7 Å². The van der Waals surface area contributed by atoms with E-state index in [4.69, 9.17) is 5.73 Å². The van der Waals surface area contributed by atoms with Crippen molar-refractivity contribution in [2.75, 3.05) is 11.4 Å². The summed E-state index contributed by atoms with van der Waals surface area (Å²) in [7, 11) is 0. The highest BCUT2D eigenvalue weighted by atomic mass is 19.4. The molecule has 148 valence electrons. The van der Waals surface area contributed by atoms with E-state index in [1.54, 1.807) is 0 Å². The van der Waals surface area contributed by atoms with Crippen LogP contribution in [0.2, 0.25) is 0 Å². The van der Waals surface area contributed by atoms with Gasteiger partial charge in [0.05, 0.1) is 11.3 Å². The van der Waals surface area contributed by atoms with Gasteiger partial charge in [0.25, 0.3) is 0 Å². The summed E-state index contributed by atoms with van der Waals surface area (Å²) in [4.78, 5) is 25.7. The molecule has 1 saturated heterocycles. The van der Waals surface area contributed by atoms with Crippen molar-refractivity contribution < 1.29 is 31.5 Å². The number of hydrogen-bond acceptors (Lipinski definition) is 2. The zero-order chi connectivity index (χ0) is 20.6. The molecule has 2 atom stereocenters. The van der Waals surface area contributed by atoms with Crippen LogP contribution < -0.4 is 10.6 Å². The predicted octanol–water partition coefficient (Wildman–Crippen LogP) is 3.61. The maximum absolute atomic E-state index is 14.1. The highest BCUT2D eigenvalue weighted by Crippen LogP contribution is 2.38. The summed E-state index contributed by atoms with van der Waals surface area (Å²) in [6.07, 6.45) is -4.38. The molecule has 0 radical (unpaired) electrons. The number of rotatable bonds is 3. The third-order valence-corrected chi connectivity index (χ3v) is 4.79. The molecule has 9 heteroatoms. The summed E-state index contributed by atoms with van der Waals surface area (Å²) in [6, 6.07) is 7.41. The van der Waals surface area contributed by atoms with E-state index in [9.17, 15) is 31.5 Å². The zero-order valence-electron chi connectivity index (χ0n) is 14.3. The Bertz CT molecular complexity index is 912. The number of halogens is 5. The SMILES string of the molecule is NC(=O)C1C(=O)N(c2cccc(F)c2F)CCC1c1ccc(C(F)(F)F)cc1. The molecule has 0 aliphatic carbocycles. The van der Waals surface area contributed by atoms with Crippen molar-refractivity contribution in [3.63, 3.8) is 0 Å². The standard InChI is InChI=1S/C19H15F5N2O2/c20-13-2-1-3-14(16(13)21)26-9-8-12(15(17(25)27)18(26)28)10-4-6-11(7-5-10)19(22,23)24/h1-7,12,15H,8-9H2,(H2,25,27). The largest absolute Gasteiger partial charge is 0.416 e. The summed E-state index contributed by atoms with van der Waals surface area (Å²) in [5.74, 6) is -6.37.